The van der Waals surface area contributed by atoms with Crippen molar-refractivity contribution in [2.75, 3.05) is 31.9 Å². The van der Waals surface area contributed by atoms with Crippen LogP contribution in [0.3, 0.4) is 0 Å². The molecule has 9 heteroatoms. The van der Waals surface area contributed by atoms with Crippen molar-refractivity contribution in [3.63, 3.8) is 0 Å². The maximum Gasteiger partial charge on any atom is 0.257 e. The number of likely N-dealkylation sites (N-methyl/N-ethyl adjacent to an activating group) is 1. The van der Waals surface area contributed by atoms with E-state index >= 15 is 0 Å². The SMILES string of the molecule is C=C(C)CN(CC)C(=O)CSc1nc2cc(S(=O)(=O)N(CC)CC)ccc2o1. The summed E-state index contributed by atoms with van der Waals surface area (Å²) in [5, 5.41) is 0.340. The molecule has 154 valence electrons. The van der Waals surface area contributed by atoms with Gasteiger partial charge < -0.3 is 9.32 Å². The number of hydrogen-bond donors (Lipinski definition) is 0. The predicted octanol–water partition coefficient (Wildman–Crippen LogP) is 3.38. The topological polar surface area (TPSA) is 83.7 Å². The van der Waals surface area contributed by atoms with Gasteiger partial charge in [0.05, 0.1) is 10.6 Å². The predicted molar refractivity (Wildman–Crippen MR) is 112 cm³/mol. The molecule has 7 nitrogen and oxygen atoms in total. The zero-order valence-corrected chi connectivity index (χ0v) is 18.4. The minimum atomic E-state index is -3.56. The van der Waals surface area contributed by atoms with Gasteiger partial charge in [0.15, 0.2) is 5.58 Å². The number of aromatic nitrogens is 1. The zero-order valence-electron chi connectivity index (χ0n) is 16.8. The van der Waals surface area contributed by atoms with Gasteiger partial charge in [0.2, 0.25) is 15.9 Å². The number of carbonyl (C=O) groups is 1. The van der Waals surface area contributed by atoms with E-state index in [0.717, 1.165) is 5.57 Å². The van der Waals surface area contributed by atoms with Crippen LogP contribution in [0, 0.1) is 0 Å². The molecule has 1 aromatic carbocycles. The van der Waals surface area contributed by atoms with Gasteiger partial charge in [-0.05, 0) is 32.0 Å². The van der Waals surface area contributed by atoms with Crippen LogP contribution in [-0.2, 0) is 14.8 Å². The summed E-state index contributed by atoms with van der Waals surface area (Å²) in [6.07, 6.45) is 0. The standard InChI is InChI=1S/C19H27N3O4S2/c1-6-21(12-14(4)5)18(23)13-27-19-20-16-11-15(9-10-17(16)26-19)28(24,25)22(7-2)8-3/h9-11H,4,6-8,12-13H2,1-3,5H3. The van der Waals surface area contributed by atoms with Crippen LogP contribution in [0.15, 0.2) is 44.9 Å². The van der Waals surface area contributed by atoms with Crippen LogP contribution in [0.1, 0.15) is 27.7 Å². The fraction of sp³-hybridized carbons (Fsp3) is 0.474. The molecule has 0 aliphatic carbocycles. The van der Waals surface area contributed by atoms with Gasteiger partial charge in [-0.3, -0.25) is 4.79 Å². The molecular formula is C19H27N3O4S2. The van der Waals surface area contributed by atoms with Crippen molar-refractivity contribution in [1.82, 2.24) is 14.2 Å². The summed E-state index contributed by atoms with van der Waals surface area (Å²) >= 11 is 1.20. The lowest BCUT2D eigenvalue weighted by Crippen LogP contribution is -2.33. The highest BCUT2D eigenvalue weighted by molar-refractivity contribution is 7.99. The molecule has 0 aliphatic rings. The fourth-order valence-corrected chi connectivity index (χ4v) is 4.96. The molecule has 0 saturated carbocycles. The lowest BCUT2D eigenvalue weighted by molar-refractivity contribution is -0.127. The molecule has 0 saturated heterocycles. The number of thioether (sulfide) groups is 1. The Morgan fingerprint density at radius 2 is 1.89 bits per heavy atom. The van der Waals surface area contributed by atoms with E-state index in [4.69, 9.17) is 4.42 Å². The number of rotatable bonds is 10. The van der Waals surface area contributed by atoms with Gasteiger partial charge >= 0.3 is 0 Å². The second-order valence-electron chi connectivity index (χ2n) is 6.35. The highest BCUT2D eigenvalue weighted by atomic mass is 32.2. The number of nitrogens with zero attached hydrogens (tertiary/aromatic N) is 3. The largest absolute Gasteiger partial charge is 0.431 e. The van der Waals surface area contributed by atoms with E-state index in [9.17, 15) is 13.2 Å². The number of sulfonamides is 1. The van der Waals surface area contributed by atoms with E-state index in [0.29, 0.717) is 42.5 Å². The van der Waals surface area contributed by atoms with E-state index in [-0.39, 0.29) is 16.6 Å². The van der Waals surface area contributed by atoms with E-state index in [1.54, 1.807) is 24.8 Å². The molecule has 0 bridgehead atoms. The molecule has 0 fully saturated rings. The number of hydrogen-bond acceptors (Lipinski definition) is 6. The van der Waals surface area contributed by atoms with Gasteiger partial charge in [0.1, 0.15) is 5.52 Å². The Kier molecular flexibility index (Phi) is 7.68. The fourth-order valence-electron chi connectivity index (χ4n) is 2.74. The first kappa shape index (κ1) is 22.4. The van der Waals surface area contributed by atoms with Crippen LogP contribution in [0.25, 0.3) is 11.1 Å². The summed E-state index contributed by atoms with van der Waals surface area (Å²) in [7, 11) is -3.56. The average Bonchev–Trinajstić information content (AvgIpc) is 3.06. The summed E-state index contributed by atoms with van der Waals surface area (Å²) in [6, 6.07) is 4.63. The second-order valence-corrected chi connectivity index (χ2v) is 9.22. The summed E-state index contributed by atoms with van der Waals surface area (Å²) in [4.78, 5) is 18.6. The number of benzene rings is 1. The third-order valence-corrected chi connectivity index (χ3v) is 7.06. The smallest absolute Gasteiger partial charge is 0.257 e. The first-order valence-corrected chi connectivity index (χ1v) is 11.6. The van der Waals surface area contributed by atoms with Gasteiger partial charge in [-0.1, -0.05) is 37.8 Å². The molecule has 0 radical (unpaired) electrons. The molecule has 1 aromatic heterocycles. The second kappa shape index (κ2) is 9.58. The molecule has 0 atom stereocenters. The Morgan fingerprint density at radius 3 is 2.46 bits per heavy atom. The minimum absolute atomic E-state index is 0.0254. The highest BCUT2D eigenvalue weighted by Gasteiger charge is 2.23. The molecule has 1 amide bonds. The van der Waals surface area contributed by atoms with Crippen LogP contribution in [-0.4, -0.2) is 60.4 Å². The maximum absolute atomic E-state index is 12.7. The lowest BCUT2D eigenvalue weighted by atomic mass is 10.3. The van der Waals surface area contributed by atoms with Crippen LogP contribution in [0.4, 0.5) is 0 Å². The Bertz CT molecular complexity index is 949. The third-order valence-electron chi connectivity index (χ3n) is 4.20. The van der Waals surface area contributed by atoms with E-state index in [1.807, 2.05) is 13.8 Å². The molecular weight excluding hydrogens is 398 g/mol. The van der Waals surface area contributed by atoms with Crippen molar-refractivity contribution in [3.05, 3.63) is 30.4 Å². The Morgan fingerprint density at radius 1 is 1.21 bits per heavy atom. The Labute approximate surface area is 170 Å². The first-order chi connectivity index (χ1) is 13.2. The molecule has 0 unspecified atom stereocenters. The normalized spacial score (nSPS) is 11.9. The van der Waals surface area contributed by atoms with Gasteiger partial charge in [-0.15, -0.1) is 0 Å². The number of carbonyl (C=O) groups excluding carboxylic acids is 1. The van der Waals surface area contributed by atoms with E-state index in [2.05, 4.69) is 11.6 Å². The number of oxazole rings is 1. The van der Waals surface area contributed by atoms with Crippen LogP contribution < -0.4 is 0 Å². The summed E-state index contributed by atoms with van der Waals surface area (Å²) in [5.74, 6) is 0.168. The third kappa shape index (κ3) is 5.15. The van der Waals surface area contributed by atoms with E-state index < -0.39 is 10.0 Å². The molecule has 0 N–H and O–H groups in total. The summed E-state index contributed by atoms with van der Waals surface area (Å²) < 4.78 is 32.4. The zero-order chi connectivity index (χ0) is 20.9. The van der Waals surface area contributed by atoms with Crippen molar-refractivity contribution in [2.24, 2.45) is 0 Å². The molecule has 0 aliphatic heterocycles. The van der Waals surface area contributed by atoms with Crippen molar-refractivity contribution in [2.45, 2.75) is 37.8 Å². The summed E-state index contributed by atoms with van der Waals surface area (Å²) in [6.45, 7) is 13.2. The Balaban J connectivity index is 2.17. The first-order valence-electron chi connectivity index (χ1n) is 9.18. The molecule has 28 heavy (non-hydrogen) atoms. The lowest BCUT2D eigenvalue weighted by Gasteiger charge is -2.20. The van der Waals surface area contributed by atoms with Crippen molar-refractivity contribution in [3.8, 4) is 0 Å². The minimum Gasteiger partial charge on any atom is -0.431 e. The average molecular weight is 426 g/mol. The number of fused-ring (bicyclic) bond motifs is 1. The molecule has 0 spiro atoms. The monoisotopic (exact) mass is 425 g/mol. The Hall–Kier alpha value is -1.84. The van der Waals surface area contributed by atoms with Crippen molar-refractivity contribution < 1.29 is 17.6 Å². The van der Waals surface area contributed by atoms with Gasteiger partial charge in [-0.2, -0.15) is 4.31 Å². The van der Waals surface area contributed by atoms with Gasteiger partial charge in [-0.25, -0.2) is 13.4 Å². The van der Waals surface area contributed by atoms with Crippen molar-refractivity contribution >= 4 is 38.8 Å². The molecule has 2 rings (SSSR count). The van der Waals surface area contributed by atoms with Crippen LogP contribution in [0.5, 0.6) is 0 Å². The number of amides is 1. The molecule has 2 aromatic rings. The maximum atomic E-state index is 12.7. The van der Waals surface area contributed by atoms with Crippen molar-refractivity contribution in [1.29, 1.82) is 0 Å². The van der Waals surface area contributed by atoms with Gasteiger partial charge in [0, 0.05) is 26.2 Å². The van der Waals surface area contributed by atoms with Gasteiger partial charge in [0.25, 0.3) is 5.22 Å². The van der Waals surface area contributed by atoms with Crippen LogP contribution in [0.2, 0.25) is 0 Å². The van der Waals surface area contributed by atoms with Crippen LogP contribution >= 0.6 is 11.8 Å². The molecule has 1 heterocycles. The summed E-state index contributed by atoms with van der Waals surface area (Å²) in [5.41, 5.74) is 1.86. The van der Waals surface area contributed by atoms with E-state index in [1.165, 1.54) is 28.2 Å². The quantitative estimate of drug-likeness (QED) is 0.429. The highest BCUT2D eigenvalue weighted by Crippen LogP contribution is 2.27.